The first-order valence-corrected chi connectivity index (χ1v) is 3.15. The molecule has 0 radical (unpaired) electrons. The lowest BCUT2D eigenvalue weighted by molar-refractivity contribution is -0.307. The molecule has 0 rings (SSSR count). The Hall–Kier alpha value is -0.830. The molecule has 0 aromatic carbocycles. The highest BCUT2D eigenvalue weighted by atomic mass is 16.4. The first-order chi connectivity index (χ1) is 4.66. The quantitative estimate of drug-likeness (QED) is 0.525. The fourth-order valence-electron chi connectivity index (χ4n) is 0.605. The van der Waals surface area contributed by atoms with Crippen molar-refractivity contribution in [2.75, 3.05) is 0 Å². The normalized spacial score (nSPS) is 12.5. The van der Waals surface area contributed by atoms with E-state index in [1.807, 2.05) is 0 Å². The van der Waals surface area contributed by atoms with E-state index in [2.05, 4.69) is 6.58 Å². The zero-order chi connectivity index (χ0) is 7.98. The predicted octanol–water partition coefficient (Wildman–Crippen LogP) is -0.546. The van der Waals surface area contributed by atoms with Crippen LogP contribution >= 0.6 is 0 Å². The Labute approximate surface area is 60.0 Å². The molecule has 3 nitrogen and oxygen atoms in total. The Balaban J connectivity index is 3.33. The molecule has 0 bridgehead atoms. The van der Waals surface area contributed by atoms with Gasteiger partial charge in [0, 0.05) is 12.4 Å². The second-order valence-electron chi connectivity index (χ2n) is 2.10. The van der Waals surface area contributed by atoms with Gasteiger partial charge in [0.2, 0.25) is 0 Å². The van der Waals surface area contributed by atoms with Crippen LogP contribution in [0.4, 0.5) is 0 Å². The Morgan fingerprint density at radius 3 is 2.80 bits per heavy atom. The largest absolute Gasteiger partial charge is 0.550 e. The molecule has 0 aliphatic carbocycles. The zero-order valence-corrected chi connectivity index (χ0v) is 5.75. The second-order valence-corrected chi connectivity index (χ2v) is 2.10. The van der Waals surface area contributed by atoms with E-state index < -0.39 is 12.1 Å². The summed E-state index contributed by atoms with van der Waals surface area (Å²) in [6.45, 7) is 3.44. The van der Waals surface area contributed by atoms with E-state index in [0.717, 1.165) is 0 Å². The summed E-state index contributed by atoms with van der Waals surface area (Å²) >= 11 is 0. The molecule has 58 valence electrons. The van der Waals surface area contributed by atoms with E-state index in [-0.39, 0.29) is 6.42 Å². The topological polar surface area (TPSA) is 60.4 Å². The molecule has 0 heterocycles. The Morgan fingerprint density at radius 1 is 1.80 bits per heavy atom. The van der Waals surface area contributed by atoms with Crippen molar-refractivity contribution in [2.45, 2.75) is 25.4 Å². The number of carbonyl (C=O) groups excluding carboxylic acids is 1. The van der Waals surface area contributed by atoms with Crippen molar-refractivity contribution in [3.8, 4) is 0 Å². The number of aliphatic carboxylic acids is 1. The monoisotopic (exact) mass is 143 g/mol. The standard InChI is InChI=1S/C7H12O3/c1-2-3-4-6(8)5-7(9)10/h2,6,8H,1,3-5H2,(H,9,10)/p-1. The van der Waals surface area contributed by atoms with Gasteiger partial charge < -0.3 is 15.0 Å². The maximum absolute atomic E-state index is 9.88. The Morgan fingerprint density at radius 2 is 2.40 bits per heavy atom. The van der Waals surface area contributed by atoms with E-state index in [1.165, 1.54) is 0 Å². The van der Waals surface area contributed by atoms with Gasteiger partial charge in [0.1, 0.15) is 0 Å². The summed E-state index contributed by atoms with van der Waals surface area (Å²) in [5.41, 5.74) is 0. The summed E-state index contributed by atoms with van der Waals surface area (Å²) in [6, 6.07) is 0. The fourth-order valence-corrected chi connectivity index (χ4v) is 0.605. The maximum atomic E-state index is 9.88. The minimum atomic E-state index is -1.21. The van der Waals surface area contributed by atoms with E-state index in [4.69, 9.17) is 5.11 Å². The molecule has 1 unspecified atom stereocenters. The number of aliphatic hydroxyl groups is 1. The van der Waals surface area contributed by atoms with Crippen molar-refractivity contribution in [1.82, 2.24) is 0 Å². The van der Waals surface area contributed by atoms with Gasteiger partial charge in [0.25, 0.3) is 0 Å². The molecule has 0 saturated carbocycles. The van der Waals surface area contributed by atoms with E-state index >= 15 is 0 Å². The van der Waals surface area contributed by atoms with Crippen LogP contribution < -0.4 is 5.11 Å². The van der Waals surface area contributed by atoms with Gasteiger partial charge in [0.05, 0.1) is 6.10 Å². The van der Waals surface area contributed by atoms with E-state index in [0.29, 0.717) is 12.8 Å². The summed E-state index contributed by atoms with van der Waals surface area (Å²) < 4.78 is 0. The van der Waals surface area contributed by atoms with Gasteiger partial charge in [-0.05, 0) is 12.8 Å². The third kappa shape index (κ3) is 5.31. The van der Waals surface area contributed by atoms with Crippen LogP contribution in [-0.4, -0.2) is 17.2 Å². The predicted molar refractivity (Wildman–Crippen MR) is 35.1 cm³/mol. The minimum absolute atomic E-state index is 0.284. The van der Waals surface area contributed by atoms with Crippen LogP contribution in [-0.2, 0) is 4.79 Å². The first-order valence-electron chi connectivity index (χ1n) is 3.15. The number of carbonyl (C=O) groups is 1. The van der Waals surface area contributed by atoms with Crippen LogP contribution in [0.15, 0.2) is 12.7 Å². The average Bonchev–Trinajstić information content (AvgIpc) is 1.82. The van der Waals surface area contributed by atoms with Crippen LogP contribution in [0.3, 0.4) is 0 Å². The molecule has 0 aromatic heterocycles. The molecule has 10 heavy (non-hydrogen) atoms. The van der Waals surface area contributed by atoms with Crippen molar-refractivity contribution >= 4 is 5.97 Å². The van der Waals surface area contributed by atoms with Crippen LogP contribution in [0.2, 0.25) is 0 Å². The summed E-state index contributed by atoms with van der Waals surface area (Å²) in [4.78, 5) is 9.88. The molecular formula is C7H11O3-. The van der Waals surface area contributed by atoms with Gasteiger partial charge in [-0.25, -0.2) is 0 Å². The number of rotatable bonds is 5. The molecule has 0 spiro atoms. The van der Waals surface area contributed by atoms with Crippen molar-refractivity contribution in [2.24, 2.45) is 0 Å². The zero-order valence-electron chi connectivity index (χ0n) is 5.75. The second kappa shape index (κ2) is 4.99. The van der Waals surface area contributed by atoms with Crippen molar-refractivity contribution in [1.29, 1.82) is 0 Å². The lowest BCUT2D eigenvalue weighted by atomic mass is 10.1. The van der Waals surface area contributed by atoms with Crippen LogP contribution in [0.5, 0.6) is 0 Å². The number of carboxylic acid groups (broad SMARTS) is 1. The molecule has 0 aliphatic rings. The highest BCUT2D eigenvalue weighted by Gasteiger charge is 2.01. The number of aliphatic hydroxyl groups excluding tert-OH is 1. The molecule has 3 heteroatoms. The van der Waals surface area contributed by atoms with Crippen LogP contribution in [0, 0.1) is 0 Å². The third-order valence-electron chi connectivity index (χ3n) is 1.11. The molecule has 0 aliphatic heterocycles. The van der Waals surface area contributed by atoms with Crippen LogP contribution in [0.1, 0.15) is 19.3 Å². The molecule has 0 saturated heterocycles. The SMILES string of the molecule is C=CCCC(O)CC(=O)[O-]. The molecule has 1 N–H and O–H groups in total. The van der Waals surface area contributed by atoms with E-state index in [9.17, 15) is 9.90 Å². The van der Waals surface area contributed by atoms with Crippen LogP contribution in [0.25, 0.3) is 0 Å². The van der Waals surface area contributed by atoms with Gasteiger partial charge in [-0.2, -0.15) is 0 Å². The Kier molecular flexibility index (Phi) is 4.58. The van der Waals surface area contributed by atoms with Crippen molar-refractivity contribution in [3.63, 3.8) is 0 Å². The lowest BCUT2D eigenvalue weighted by Crippen LogP contribution is -2.27. The number of carboxylic acids is 1. The maximum Gasteiger partial charge on any atom is 0.0595 e. The molecule has 0 amide bonds. The fraction of sp³-hybridized carbons (Fsp3) is 0.571. The molecular weight excluding hydrogens is 132 g/mol. The number of hydrogen-bond donors (Lipinski definition) is 1. The third-order valence-corrected chi connectivity index (χ3v) is 1.11. The van der Waals surface area contributed by atoms with E-state index in [1.54, 1.807) is 6.08 Å². The minimum Gasteiger partial charge on any atom is -0.550 e. The van der Waals surface area contributed by atoms with Gasteiger partial charge in [-0.3, -0.25) is 0 Å². The summed E-state index contributed by atoms with van der Waals surface area (Å²) in [5, 5.41) is 18.8. The molecule has 0 fully saturated rings. The highest BCUT2D eigenvalue weighted by molar-refractivity contribution is 5.64. The Bertz CT molecular complexity index is 120. The van der Waals surface area contributed by atoms with Gasteiger partial charge >= 0.3 is 0 Å². The number of allylic oxidation sites excluding steroid dienone is 1. The first kappa shape index (κ1) is 9.17. The molecule has 0 aromatic rings. The van der Waals surface area contributed by atoms with Gasteiger partial charge in [-0.1, -0.05) is 6.08 Å². The number of hydrogen-bond acceptors (Lipinski definition) is 3. The lowest BCUT2D eigenvalue weighted by Gasteiger charge is -2.08. The summed E-state index contributed by atoms with van der Waals surface area (Å²) in [5.74, 6) is -1.21. The summed E-state index contributed by atoms with van der Waals surface area (Å²) in [6.07, 6.45) is 1.64. The highest BCUT2D eigenvalue weighted by Crippen LogP contribution is 2.00. The van der Waals surface area contributed by atoms with Gasteiger partial charge in [0.15, 0.2) is 0 Å². The van der Waals surface area contributed by atoms with Gasteiger partial charge in [-0.15, -0.1) is 6.58 Å². The average molecular weight is 143 g/mol. The molecule has 1 atom stereocenters. The summed E-state index contributed by atoms with van der Waals surface area (Å²) in [7, 11) is 0. The van der Waals surface area contributed by atoms with Crippen molar-refractivity contribution in [3.05, 3.63) is 12.7 Å². The van der Waals surface area contributed by atoms with Crippen molar-refractivity contribution < 1.29 is 15.0 Å². The smallest absolute Gasteiger partial charge is 0.0595 e.